The van der Waals surface area contributed by atoms with Gasteiger partial charge in [-0.3, -0.25) is 4.90 Å². The number of likely N-dealkylation sites (N-methyl/N-ethyl adjacent to an activating group) is 1. The van der Waals surface area contributed by atoms with Crippen LogP contribution in [0.1, 0.15) is 44.2 Å². The highest BCUT2D eigenvalue weighted by atomic mass is 16.5. The zero-order valence-electron chi connectivity index (χ0n) is 12.1. The van der Waals surface area contributed by atoms with Crippen molar-refractivity contribution in [2.45, 2.75) is 50.7 Å². The molecule has 2 aliphatic rings. The molecule has 1 aliphatic carbocycles. The molecule has 1 fully saturated rings. The summed E-state index contributed by atoms with van der Waals surface area (Å²) < 4.78 is 5.76. The van der Waals surface area contributed by atoms with Gasteiger partial charge in [-0.25, -0.2) is 0 Å². The molecule has 110 valence electrons. The third-order valence-electron chi connectivity index (χ3n) is 4.73. The molecule has 1 aliphatic heterocycles. The number of nitrogens with two attached hydrogens (primary N) is 1. The van der Waals surface area contributed by atoms with E-state index < -0.39 is 0 Å². The fourth-order valence-electron chi connectivity index (χ4n) is 3.62. The van der Waals surface area contributed by atoms with Crippen LogP contribution in [0.3, 0.4) is 0 Å². The van der Waals surface area contributed by atoms with Crippen molar-refractivity contribution < 1.29 is 9.84 Å². The van der Waals surface area contributed by atoms with E-state index in [4.69, 9.17) is 10.5 Å². The molecule has 0 bridgehead atoms. The van der Waals surface area contributed by atoms with Crippen molar-refractivity contribution in [2.75, 3.05) is 13.2 Å². The maximum Gasteiger partial charge on any atom is 0.127 e. The highest BCUT2D eigenvalue weighted by Crippen LogP contribution is 2.40. The molecule has 1 saturated carbocycles. The van der Waals surface area contributed by atoms with Crippen molar-refractivity contribution in [3.05, 3.63) is 23.8 Å². The van der Waals surface area contributed by atoms with Crippen LogP contribution >= 0.6 is 0 Å². The average Bonchev–Trinajstić information content (AvgIpc) is 2.85. The van der Waals surface area contributed by atoms with Gasteiger partial charge in [0.15, 0.2) is 0 Å². The van der Waals surface area contributed by atoms with Gasteiger partial charge < -0.3 is 15.6 Å². The molecule has 3 rings (SSSR count). The van der Waals surface area contributed by atoms with Crippen molar-refractivity contribution in [3.63, 3.8) is 0 Å². The summed E-state index contributed by atoms with van der Waals surface area (Å²) in [6.45, 7) is 3.93. The standard InChI is InChI=1S/C16H24N2O2/c1-2-18(12-5-3-11(17)4-6-12)15-10-20-16-9-13(19)7-8-14(15)16/h7-9,11-12,15,19H,2-6,10,17H2,1H3. The van der Waals surface area contributed by atoms with Crippen molar-refractivity contribution in [1.29, 1.82) is 0 Å². The van der Waals surface area contributed by atoms with Crippen molar-refractivity contribution in [3.8, 4) is 11.5 Å². The van der Waals surface area contributed by atoms with Crippen LogP contribution in [0.4, 0.5) is 0 Å². The van der Waals surface area contributed by atoms with Crippen LogP contribution in [0.15, 0.2) is 18.2 Å². The summed E-state index contributed by atoms with van der Waals surface area (Å²) in [5, 5.41) is 9.55. The van der Waals surface area contributed by atoms with Crippen molar-refractivity contribution in [1.82, 2.24) is 4.90 Å². The number of phenolic OH excluding ortho intramolecular Hbond substituents is 1. The lowest BCUT2D eigenvalue weighted by molar-refractivity contribution is 0.0906. The number of rotatable bonds is 3. The van der Waals surface area contributed by atoms with Gasteiger partial charge in [0, 0.05) is 23.7 Å². The second kappa shape index (κ2) is 5.62. The highest BCUT2D eigenvalue weighted by molar-refractivity contribution is 5.44. The average molecular weight is 276 g/mol. The number of fused-ring (bicyclic) bond motifs is 1. The minimum absolute atomic E-state index is 0.274. The molecule has 4 heteroatoms. The van der Waals surface area contributed by atoms with Crippen molar-refractivity contribution >= 4 is 0 Å². The lowest BCUT2D eigenvalue weighted by Gasteiger charge is -2.38. The molecule has 0 saturated heterocycles. The van der Waals surface area contributed by atoms with Gasteiger partial charge in [-0.2, -0.15) is 0 Å². The first kappa shape index (κ1) is 13.7. The molecule has 0 aromatic heterocycles. The van der Waals surface area contributed by atoms with E-state index in [0.717, 1.165) is 25.1 Å². The highest BCUT2D eigenvalue weighted by Gasteiger charge is 2.34. The fourth-order valence-corrected chi connectivity index (χ4v) is 3.62. The van der Waals surface area contributed by atoms with Crippen LogP contribution in [0, 0.1) is 0 Å². The molecule has 0 spiro atoms. The SMILES string of the molecule is CCN(C1CCC(N)CC1)C1COc2cc(O)ccc21. The van der Waals surface area contributed by atoms with E-state index in [1.165, 1.54) is 18.4 Å². The van der Waals surface area contributed by atoms with E-state index >= 15 is 0 Å². The predicted molar refractivity (Wildman–Crippen MR) is 79.0 cm³/mol. The van der Waals surface area contributed by atoms with Crippen LogP contribution < -0.4 is 10.5 Å². The summed E-state index contributed by atoms with van der Waals surface area (Å²) >= 11 is 0. The van der Waals surface area contributed by atoms with E-state index in [1.54, 1.807) is 12.1 Å². The number of ether oxygens (including phenoxy) is 1. The first-order chi connectivity index (χ1) is 9.69. The van der Waals surface area contributed by atoms with E-state index in [9.17, 15) is 5.11 Å². The lowest BCUT2D eigenvalue weighted by Crippen LogP contribution is -2.43. The van der Waals surface area contributed by atoms with Gasteiger partial charge in [0.2, 0.25) is 0 Å². The zero-order chi connectivity index (χ0) is 14.1. The summed E-state index contributed by atoms with van der Waals surface area (Å²) in [5.41, 5.74) is 7.22. The molecule has 3 N–H and O–H groups in total. The summed E-state index contributed by atoms with van der Waals surface area (Å²) in [5.74, 6) is 1.11. The van der Waals surface area contributed by atoms with Crippen LogP contribution in [0.2, 0.25) is 0 Å². The minimum atomic E-state index is 0.274. The van der Waals surface area contributed by atoms with E-state index in [0.29, 0.717) is 24.7 Å². The maximum atomic E-state index is 9.55. The van der Waals surface area contributed by atoms with Crippen LogP contribution in [-0.2, 0) is 0 Å². The third-order valence-corrected chi connectivity index (χ3v) is 4.73. The van der Waals surface area contributed by atoms with Crippen LogP contribution in [-0.4, -0.2) is 35.2 Å². The Kier molecular flexibility index (Phi) is 3.85. The smallest absolute Gasteiger partial charge is 0.127 e. The summed E-state index contributed by atoms with van der Waals surface area (Å²) in [7, 11) is 0. The van der Waals surface area contributed by atoms with Gasteiger partial charge in [-0.15, -0.1) is 0 Å². The molecular formula is C16H24N2O2. The normalized spacial score (nSPS) is 29.2. The Balaban J connectivity index is 1.78. The quantitative estimate of drug-likeness (QED) is 0.890. The molecule has 1 unspecified atom stereocenters. The molecule has 20 heavy (non-hydrogen) atoms. The summed E-state index contributed by atoms with van der Waals surface area (Å²) in [6.07, 6.45) is 4.60. The zero-order valence-corrected chi connectivity index (χ0v) is 12.1. The molecule has 1 heterocycles. The van der Waals surface area contributed by atoms with Crippen LogP contribution in [0.5, 0.6) is 11.5 Å². The number of hydrogen-bond acceptors (Lipinski definition) is 4. The maximum absolute atomic E-state index is 9.55. The Hall–Kier alpha value is -1.26. The van der Waals surface area contributed by atoms with Gasteiger partial charge in [0.1, 0.15) is 18.1 Å². The molecule has 1 aromatic carbocycles. The molecule has 0 amide bonds. The minimum Gasteiger partial charge on any atom is -0.508 e. The number of benzene rings is 1. The van der Waals surface area contributed by atoms with Crippen LogP contribution in [0.25, 0.3) is 0 Å². The second-order valence-electron chi connectivity index (χ2n) is 5.95. The van der Waals surface area contributed by atoms with Gasteiger partial charge in [0.05, 0.1) is 6.04 Å². The molecule has 4 nitrogen and oxygen atoms in total. The first-order valence-electron chi connectivity index (χ1n) is 7.66. The van der Waals surface area contributed by atoms with Gasteiger partial charge >= 0.3 is 0 Å². The van der Waals surface area contributed by atoms with Gasteiger partial charge in [-0.05, 0) is 44.4 Å². The number of aromatic hydroxyl groups is 1. The van der Waals surface area contributed by atoms with E-state index in [-0.39, 0.29) is 5.75 Å². The Morgan fingerprint density at radius 3 is 2.75 bits per heavy atom. The fraction of sp³-hybridized carbons (Fsp3) is 0.625. The Morgan fingerprint density at radius 2 is 2.05 bits per heavy atom. The Bertz CT molecular complexity index is 470. The second-order valence-corrected chi connectivity index (χ2v) is 5.95. The number of hydrogen-bond donors (Lipinski definition) is 2. The predicted octanol–water partition coefficient (Wildman–Crippen LogP) is 2.42. The number of phenols is 1. The molecule has 0 radical (unpaired) electrons. The van der Waals surface area contributed by atoms with Crippen molar-refractivity contribution in [2.24, 2.45) is 5.73 Å². The van der Waals surface area contributed by atoms with E-state index in [2.05, 4.69) is 11.8 Å². The summed E-state index contributed by atoms with van der Waals surface area (Å²) in [6, 6.07) is 6.78. The number of nitrogens with zero attached hydrogens (tertiary/aromatic N) is 1. The third kappa shape index (κ3) is 2.50. The molecule has 1 atom stereocenters. The molecule has 1 aromatic rings. The van der Waals surface area contributed by atoms with E-state index in [1.807, 2.05) is 6.07 Å². The summed E-state index contributed by atoms with van der Waals surface area (Å²) in [4.78, 5) is 2.55. The topological polar surface area (TPSA) is 58.7 Å². The molecular weight excluding hydrogens is 252 g/mol. The van der Waals surface area contributed by atoms with Gasteiger partial charge in [0.25, 0.3) is 0 Å². The first-order valence-corrected chi connectivity index (χ1v) is 7.66. The Labute approximate surface area is 120 Å². The van der Waals surface area contributed by atoms with Gasteiger partial charge in [-0.1, -0.05) is 6.92 Å². The monoisotopic (exact) mass is 276 g/mol. The lowest BCUT2D eigenvalue weighted by atomic mass is 9.89. The largest absolute Gasteiger partial charge is 0.508 e. The Morgan fingerprint density at radius 1 is 1.30 bits per heavy atom.